The predicted molar refractivity (Wildman–Crippen MR) is 92.4 cm³/mol. The molecule has 0 amide bonds. The molecule has 0 radical (unpaired) electrons. The Bertz CT molecular complexity index is 1010. The zero-order chi connectivity index (χ0) is 20.8. The molecular formula is C17H12BrF5N4O2. The number of ether oxygens (including phenoxy) is 1. The van der Waals surface area contributed by atoms with Gasteiger partial charge in [0, 0.05) is 11.5 Å². The first-order chi connectivity index (χ1) is 13.7. The second-order valence-corrected chi connectivity index (χ2v) is 7.17. The maximum Gasteiger partial charge on any atom is 0.436 e. The molecule has 12 heteroatoms. The average molecular weight is 479 g/mol. The van der Waals surface area contributed by atoms with Crippen LogP contribution >= 0.6 is 15.9 Å². The van der Waals surface area contributed by atoms with Gasteiger partial charge in [0.1, 0.15) is 12.3 Å². The quantitative estimate of drug-likeness (QED) is 0.453. The fraction of sp³-hybridized carbons (Fsp3) is 0.353. The van der Waals surface area contributed by atoms with E-state index in [1.807, 2.05) is 0 Å². The summed E-state index contributed by atoms with van der Waals surface area (Å²) in [5.74, 6) is 0.133. The van der Waals surface area contributed by atoms with Gasteiger partial charge < -0.3 is 9.15 Å². The second-order valence-electron chi connectivity index (χ2n) is 6.38. The molecule has 0 atom stereocenters. The van der Waals surface area contributed by atoms with Gasteiger partial charge >= 0.3 is 12.8 Å². The molecule has 0 bridgehead atoms. The molecule has 1 fully saturated rings. The van der Waals surface area contributed by atoms with Crippen molar-refractivity contribution in [3.8, 4) is 17.2 Å². The molecule has 154 valence electrons. The largest absolute Gasteiger partial charge is 0.436 e. The number of nitrogens with zero attached hydrogens (tertiary/aromatic N) is 4. The van der Waals surface area contributed by atoms with Crippen molar-refractivity contribution in [2.24, 2.45) is 0 Å². The van der Waals surface area contributed by atoms with Crippen LogP contribution in [0.3, 0.4) is 0 Å². The maximum atomic E-state index is 13.2. The van der Waals surface area contributed by atoms with E-state index < -0.39 is 18.5 Å². The Morgan fingerprint density at radius 1 is 1.17 bits per heavy atom. The lowest BCUT2D eigenvalue weighted by Crippen LogP contribution is -2.10. The van der Waals surface area contributed by atoms with Crippen molar-refractivity contribution in [2.45, 2.75) is 38.1 Å². The van der Waals surface area contributed by atoms with Crippen molar-refractivity contribution in [2.75, 3.05) is 0 Å². The van der Waals surface area contributed by atoms with Crippen LogP contribution in [-0.4, -0.2) is 26.6 Å². The summed E-state index contributed by atoms with van der Waals surface area (Å²) in [6.07, 6.45) is -3.02. The fourth-order valence-electron chi connectivity index (χ4n) is 2.84. The molecule has 0 aliphatic heterocycles. The molecule has 1 saturated carbocycles. The number of hydrogen-bond acceptors (Lipinski definition) is 5. The molecular weight excluding hydrogens is 467 g/mol. The Morgan fingerprint density at radius 3 is 2.45 bits per heavy atom. The van der Waals surface area contributed by atoms with E-state index in [2.05, 4.69) is 36.0 Å². The summed E-state index contributed by atoms with van der Waals surface area (Å²) < 4.78 is 74.9. The van der Waals surface area contributed by atoms with E-state index in [4.69, 9.17) is 4.42 Å². The van der Waals surface area contributed by atoms with E-state index >= 15 is 0 Å². The number of rotatable bonds is 6. The van der Waals surface area contributed by atoms with E-state index in [1.54, 1.807) is 0 Å². The summed E-state index contributed by atoms with van der Waals surface area (Å²) in [6, 6.07) is 5.54. The molecule has 29 heavy (non-hydrogen) atoms. The summed E-state index contributed by atoms with van der Waals surface area (Å²) in [4.78, 5) is 0. The van der Waals surface area contributed by atoms with Crippen LogP contribution in [0.1, 0.15) is 36.0 Å². The minimum absolute atomic E-state index is 0.00209. The molecule has 0 saturated heterocycles. The second kappa shape index (κ2) is 7.39. The van der Waals surface area contributed by atoms with Crippen molar-refractivity contribution in [1.82, 2.24) is 20.0 Å². The normalized spacial score (nSPS) is 14.6. The summed E-state index contributed by atoms with van der Waals surface area (Å²) in [5, 5.41) is 11.4. The van der Waals surface area contributed by atoms with Crippen LogP contribution in [0.25, 0.3) is 11.5 Å². The van der Waals surface area contributed by atoms with Crippen molar-refractivity contribution < 1.29 is 31.1 Å². The number of benzene rings is 1. The number of aromatic nitrogens is 4. The van der Waals surface area contributed by atoms with Crippen LogP contribution in [0.5, 0.6) is 5.75 Å². The highest BCUT2D eigenvalue weighted by molar-refractivity contribution is 9.10. The van der Waals surface area contributed by atoms with Gasteiger partial charge in [-0.1, -0.05) is 0 Å². The summed E-state index contributed by atoms with van der Waals surface area (Å²) in [6.45, 7) is -3.06. The minimum atomic E-state index is -4.59. The van der Waals surface area contributed by atoms with E-state index in [1.165, 1.54) is 28.9 Å². The molecule has 1 aliphatic carbocycles. The lowest BCUT2D eigenvalue weighted by Gasteiger charge is -2.04. The first-order valence-corrected chi connectivity index (χ1v) is 9.22. The molecule has 1 aliphatic rings. The van der Waals surface area contributed by atoms with Gasteiger partial charge in [0.25, 0.3) is 0 Å². The van der Waals surface area contributed by atoms with Gasteiger partial charge in [-0.3, -0.25) is 4.68 Å². The number of halogens is 6. The molecule has 6 nitrogen and oxygen atoms in total. The SMILES string of the molecule is FC(F)Oc1ccc(-c2nnc(Cn3nc(C(F)(F)F)c(Br)c3C3CC3)o2)cc1. The highest BCUT2D eigenvalue weighted by atomic mass is 79.9. The van der Waals surface area contributed by atoms with E-state index in [9.17, 15) is 22.0 Å². The van der Waals surface area contributed by atoms with Crippen molar-refractivity contribution in [1.29, 1.82) is 0 Å². The smallest absolute Gasteiger partial charge is 0.435 e. The highest BCUT2D eigenvalue weighted by Gasteiger charge is 2.41. The Hall–Kier alpha value is -2.50. The first-order valence-electron chi connectivity index (χ1n) is 8.43. The Labute approximate surface area is 168 Å². The third-order valence-electron chi connectivity index (χ3n) is 4.24. The Morgan fingerprint density at radius 2 is 1.86 bits per heavy atom. The third kappa shape index (κ3) is 4.26. The average Bonchev–Trinajstić information content (AvgIpc) is 3.26. The molecule has 0 spiro atoms. The van der Waals surface area contributed by atoms with Crippen LogP contribution in [0.2, 0.25) is 0 Å². The number of hydrogen-bond donors (Lipinski definition) is 0. The van der Waals surface area contributed by atoms with E-state index in [-0.39, 0.29) is 34.5 Å². The lowest BCUT2D eigenvalue weighted by molar-refractivity contribution is -0.142. The minimum Gasteiger partial charge on any atom is -0.435 e. The third-order valence-corrected chi connectivity index (χ3v) is 5.02. The molecule has 0 unspecified atom stereocenters. The van der Waals surface area contributed by atoms with E-state index in [0.29, 0.717) is 11.3 Å². The highest BCUT2D eigenvalue weighted by Crippen LogP contribution is 2.47. The predicted octanol–water partition coefficient (Wildman–Crippen LogP) is 5.24. The molecule has 0 N–H and O–H groups in total. The molecule has 3 aromatic rings. The molecule has 2 aromatic heterocycles. The van der Waals surface area contributed by atoms with Crippen LogP contribution in [0.15, 0.2) is 33.2 Å². The monoisotopic (exact) mass is 478 g/mol. The van der Waals surface area contributed by atoms with Gasteiger partial charge in [0.2, 0.25) is 11.8 Å². The van der Waals surface area contributed by atoms with Gasteiger partial charge in [-0.25, -0.2) is 0 Å². The Balaban J connectivity index is 1.57. The van der Waals surface area contributed by atoms with Gasteiger partial charge in [-0.15, -0.1) is 10.2 Å². The Kier molecular flexibility index (Phi) is 5.05. The lowest BCUT2D eigenvalue weighted by atomic mass is 10.2. The number of alkyl halides is 5. The molecule has 4 rings (SSSR count). The zero-order valence-corrected chi connectivity index (χ0v) is 16.0. The van der Waals surface area contributed by atoms with Gasteiger partial charge in [0.05, 0.1) is 10.2 Å². The maximum absolute atomic E-state index is 13.2. The zero-order valence-electron chi connectivity index (χ0n) is 14.5. The summed E-state index contributed by atoms with van der Waals surface area (Å²) >= 11 is 3.02. The van der Waals surface area contributed by atoms with Crippen molar-refractivity contribution in [3.63, 3.8) is 0 Å². The van der Waals surface area contributed by atoms with Crippen LogP contribution in [0.4, 0.5) is 22.0 Å². The molecule has 1 aromatic carbocycles. The topological polar surface area (TPSA) is 66.0 Å². The van der Waals surface area contributed by atoms with Crippen LogP contribution in [-0.2, 0) is 12.7 Å². The van der Waals surface area contributed by atoms with Crippen LogP contribution < -0.4 is 4.74 Å². The van der Waals surface area contributed by atoms with Crippen molar-refractivity contribution >= 4 is 15.9 Å². The van der Waals surface area contributed by atoms with E-state index in [0.717, 1.165) is 12.8 Å². The summed E-state index contributed by atoms with van der Waals surface area (Å²) in [7, 11) is 0. The van der Waals surface area contributed by atoms with Gasteiger partial charge in [0.15, 0.2) is 5.69 Å². The summed E-state index contributed by atoms with van der Waals surface area (Å²) in [5.41, 5.74) is -0.0928. The fourth-order valence-corrected chi connectivity index (χ4v) is 3.68. The molecule has 2 heterocycles. The first kappa shape index (κ1) is 19.8. The van der Waals surface area contributed by atoms with Gasteiger partial charge in [-0.2, -0.15) is 27.1 Å². The van der Waals surface area contributed by atoms with Crippen LogP contribution in [0, 0.1) is 0 Å². The van der Waals surface area contributed by atoms with Gasteiger partial charge in [-0.05, 0) is 53.0 Å². The standard InChI is InChI=1S/C17H12BrF5N4O2/c18-12-13(8-1-2-8)27(26-14(12)17(21,22)23)7-11-24-25-15(29-11)9-3-5-10(6-4-9)28-16(19)20/h3-6,8,16H,1-2,7H2. The van der Waals surface area contributed by atoms with Crippen molar-refractivity contribution in [3.05, 3.63) is 46.0 Å².